The highest BCUT2D eigenvalue weighted by Gasteiger charge is 2.50. The van der Waals surface area contributed by atoms with E-state index in [4.69, 9.17) is 0 Å². The molecule has 0 N–H and O–H groups in total. The Bertz CT molecular complexity index is 1110. The fourth-order valence-corrected chi connectivity index (χ4v) is 6.04. The maximum absolute atomic E-state index is 14.4. The first-order valence-corrected chi connectivity index (χ1v) is 12.9. The molecule has 2 aliphatic rings. The zero-order valence-corrected chi connectivity index (χ0v) is 21.2. The molecule has 3 aromatic rings. The lowest BCUT2D eigenvalue weighted by molar-refractivity contribution is -0.146. The third-order valence-corrected chi connectivity index (χ3v) is 8.41. The highest BCUT2D eigenvalue weighted by Crippen LogP contribution is 2.38. The Morgan fingerprint density at radius 2 is 1.23 bits per heavy atom. The summed E-state index contributed by atoms with van der Waals surface area (Å²) < 4.78 is 0. The number of likely N-dealkylation sites (N-methyl/N-ethyl adjacent to an activating group) is 1. The van der Waals surface area contributed by atoms with Gasteiger partial charge in [-0.1, -0.05) is 84.9 Å². The summed E-state index contributed by atoms with van der Waals surface area (Å²) in [6.07, 6.45) is 1.59. The minimum atomic E-state index is -0.510. The molecular formula is C31H37N3O. The van der Waals surface area contributed by atoms with Crippen LogP contribution >= 0.6 is 0 Å². The molecule has 1 aliphatic carbocycles. The predicted octanol–water partition coefficient (Wildman–Crippen LogP) is 5.12. The Labute approximate surface area is 210 Å². The summed E-state index contributed by atoms with van der Waals surface area (Å²) in [5.41, 5.74) is 4.67. The van der Waals surface area contributed by atoms with Crippen LogP contribution in [0.4, 0.5) is 0 Å². The number of nitrogens with zero attached hydrogens (tertiary/aromatic N) is 3. The standard InChI is InChI=1S/C31H37N3O/c1-24(26-12-6-4-7-13-26)32(3)30(35)31(22-28-16-10-11-17-29(28)23-31)34-20-18-33(19-21-34)25(2)27-14-8-5-9-15-27/h4-17,24-25H,18-23H2,1-3H3/t24-,25-/m1/s1. The number of fused-ring (bicyclic) bond motifs is 1. The first-order valence-electron chi connectivity index (χ1n) is 12.9. The molecule has 1 saturated heterocycles. The Balaban J connectivity index is 1.38. The smallest absolute Gasteiger partial charge is 0.244 e. The lowest BCUT2D eigenvalue weighted by Gasteiger charge is -2.48. The molecule has 1 heterocycles. The number of carbonyl (C=O) groups excluding carboxylic acids is 1. The number of hydrogen-bond acceptors (Lipinski definition) is 3. The van der Waals surface area contributed by atoms with Gasteiger partial charge in [0.15, 0.2) is 0 Å². The SMILES string of the molecule is C[C@H](c1ccccc1)N1CCN(C2(C(=O)N(C)[C@H](C)c3ccccc3)Cc3ccccc3C2)CC1. The number of piperazine rings is 1. The van der Waals surface area contributed by atoms with Gasteiger partial charge in [0.1, 0.15) is 5.54 Å². The maximum Gasteiger partial charge on any atom is 0.244 e. The minimum Gasteiger partial charge on any atom is -0.337 e. The van der Waals surface area contributed by atoms with E-state index in [0.717, 1.165) is 39.0 Å². The molecule has 0 saturated carbocycles. The Morgan fingerprint density at radius 1 is 0.743 bits per heavy atom. The van der Waals surface area contributed by atoms with Crippen LogP contribution in [0.2, 0.25) is 0 Å². The van der Waals surface area contributed by atoms with E-state index >= 15 is 0 Å². The van der Waals surface area contributed by atoms with Crippen LogP contribution in [0.5, 0.6) is 0 Å². The molecule has 3 aromatic carbocycles. The van der Waals surface area contributed by atoms with Crippen molar-refractivity contribution >= 4 is 5.91 Å². The molecule has 0 aromatic heterocycles. The maximum atomic E-state index is 14.4. The first kappa shape index (κ1) is 23.8. The van der Waals surface area contributed by atoms with E-state index in [1.54, 1.807) is 0 Å². The van der Waals surface area contributed by atoms with E-state index in [1.807, 2.05) is 18.0 Å². The van der Waals surface area contributed by atoms with E-state index in [2.05, 4.69) is 103 Å². The van der Waals surface area contributed by atoms with E-state index in [9.17, 15) is 4.79 Å². The second kappa shape index (κ2) is 9.96. The van der Waals surface area contributed by atoms with Gasteiger partial charge < -0.3 is 4.90 Å². The van der Waals surface area contributed by atoms with E-state index in [0.29, 0.717) is 6.04 Å². The van der Waals surface area contributed by atoms with Crippen molar-refractivity contribution < 1.29 is 4.79 Å². The van der Waals surface area contributed by atoms with Crippen molar-refractivity contribution in [1.29, 1.82) is 0 Å². The topological polar surface area (TPSA) is 26.8 Å². The molecule has 1 aliphatic heterocycles. The lowest BCUT2D eigenvalue weighted by atomic mass is 9.89. The van der Waals surface area contributed by atoms with E-state index < -0.39 is 5.54 Å². The molecule has 2 atom stereocenters. The molecule has 0 bridgehead atoms. The van der Waals surface area contributed by atoms with Crippen molar-refractivity contribution in [2.24, 2.45) is 0 Å². The summed E-state index contributed by atoms with van der Waals surface area (Å²) in [4.78, 5) is 21.4. The first-order chi connectivity index (χ1) is 17.0. The Kier molecular flexibility index (Phi) is 6.77. The van der Waals surface area contributed by atoms with Gasteiger partial charge in [0.25, 0.3) is 0 Å². The summed E-state index contributed by atoms with van der Waals surface area (Å²) in [6, 6.07) is 30.2. The van der Waals surface area contributed by atoms with Gasteiger partial charge in [-0.05, 0) is 36.1 Å². The average Bonchev–Trinajstić information content (AvgIpc) is 3.33. The van der Waals surface area contributed by atoms with Crippen molar-refractivity contribution in [2.75, 3.05) is 33.2 Å². The highest BCUT2D eigenvalue weighted by atomic mass is 16.2. The van der Waals surface area contributed by atoms with Crippen LogP contribution in [-0.2, 0) is 17.6 Å². The highest BCUT2D eigenvalue weighted by molar-refractivity contribution is 5.88. The van der Waals surface area contributed by atoms with Crippen molar-refractivity contribution in [2.45, 2.75) is 44.3 Å². The molecule has 1 fully saturated rings. The molecule has 182 valence electrons. The van der Waals surface area contributed by atoms with Crippen LogP contribution in [0.25, 0.3) is 0 Å². The van der Waals surface area contributed by atoms with Crippen molar-refractivity contribution in [3.63, 3.8) is 0 Å². The molecule has 4 nitrogen and oxygen atoms in total. The number of benzene rings is 3. The summed E-state index contributed by atoms with van der Waals surface area (Å²) in [6.45, 7) is 8.20. The van der Waals surface area contributed by atoms with Crippen LogP contribution in [0.3, 0.4) is 0 Å². The van der Waals surface area contributed by atoms with Gasteiger partial charge in [0, 0.05) is 52.1 Å². The monoisotopic (exact) mass is 467 g/mol. The minimum absolute atomic E-state index is 0.0312. The zero-order valence-electron chi connectivity index (χ0n) is 21.2. The fourth-order valence-electron chi connectivity index (χ4n) is 6.04. The number of carbonyl (C=O) groups is 1. The number of rotatable bonds is 6. The van der Waals surface area contributed by atoms with E-state index in [1.165, 1.54) is 22.3 Å². The second-order valence-electron chi connectivity index (χ2n) is 10.3. The van der Waals surface area contributed by atoms with Gasteiger partial charge in [0.2, 0.25) is 5.91 Å². The molecule has 1 amide bonds. The molecular weight excluding hydrogens is 430 g/mol. The molecule has 35 heavy (non-hydrogen) atoms. The van der Waals surface area contributed by atoms with Crippen LogP contribution in [0, 0.1) is 0 Å². The quantitative estimate of drug-likeness (QED) is 0.503. The van der Waals surface area contributed by atoms with Crippen molar-refractivity contribution in [3.8, 4) is 0 Å². The predicted molar refractivity (Wildman–Crippen MR) is 142 cm³/mol. The summed E-state index contributed by atoms with van der Waals surface area (Å²) in [5.74, 6) is 0.245. The third-order valence-electron chi connectivity index (χ3n) is 8.41. The summed E-state index contributed by atoms with van der Waals surface area (Å²) in [7, 11) is 1.98. The molecule has 0 unspecified atom stereocenters. The molecule has 0 spiro atoms. The average molecular weight is 468 g/mol. The summed E-state index contributed by atoms with van der Waals surface area (Å²) >= 11 is 0. The lowest BCUT2D eigenvalue weighted by Crippen LogP contribution is -2.64. The van der Waals surface area contributed by atoms with Crippen LogP contribution in [0.15, 0.2) is 84.9 Å². The largest absolute Gasteiger partial charge is 0.337 e. The van der Waals surface area contributed by atoms with Crippen molar-refractivity contribution in [1.82, 2.24) is 14.7 Å². The number of hydrogen-bond donors (Lipinski definition) is 0. The molecule has 0 radical (unpaired) electrons. The fraction of sp³-hybridized carbons (Fsp3) is 0.387. The summed E-state index contributed by atoms with van der Waals surface area (Å²) in [5, 5.41) is 0. The number of amides is 1. The van der Waals surface area contributed by atoms with Gasteiger partial charge in [-0.2, -0.15) is 0 Å². The van der Waals surface area contributed by atoms with Gasteiger partial charge >= 0.3 is 0 Å². The van der Waals surface area contributed by atoms with Gasteiger partial charge in [-0.15, -0.1) is 0 Å². The van der Waals surface area contributed by atoms with Gasteiger partial charge in [0.05, 0.1) is 6.04 Å². The van der Waals surface area contributed by atoms with Crippen LogP contribution in [-0.4, -0.2) is 59.4 Å². The second-order valence-corrected chi connectivity index (χ2v) is 10.3. The van der Waals surface area contributed by atoms with Gasteiger partial charge in [-0.25, -0.2) is 0 Å². The zero-order chi connectivity index (χ0) is 24.4. The van der Waals surface area contributed by atoms with Crippen LogP contribution < -0.4 is 0 Å². The van der Waals surface area contributed by atoms with Gasteiger partial charge in [-0.3, -0.25) is 14.6 Å². The Hall–Kier alpha value is -2.95. The molecule has 4 heteroatoms. The molecule has 5 rings (SSSR count). The normalized spacial score (nSPS) is 19.6. The Morgan fingerprint density at radius 3 is 1.77 bits per heavy atom. The van der Waals surface area contributed by atoms with Crippen molar-refractivity contribution in [3.05, 3.63) is 107 Å². The third kappa shape index (κ3) is 4.53. The van der Waals surface area contributed by atoms with E-state index in [-0.39, 0.29) is 11.9 Å². The van der Waals surface area contributed by atoms with Crippen LogP contribution in [0.1, 0.15) is 48.2 Å².